The van der Waals surface area contributed by atoms with Gasteiger partial charge in [-0.15, -0.1) is 0 Å². The van der Waals surface area contributed by atoms with Gasteiger partial charge in [0.2, 0.25) is 0 Å². The second kappa shape index (κ2) is 7.68. The third kappa shape index (κ3) is 3.39. The van der Waals surface area contributed by atoms with Crippen LogP contribution in [0.15, 0.2) is 24.3 Å². The monoisotopic (exact) mass is 448 g/mol. The van der Waals surface area contributed by atoms with Crippen molar-refractivity contribution in [3.63, 3.8) is 0 Å². The molecule has 3 aliphatic rings. The molecule has 176 valence electrons. The lowest BCUT2D eigenvalue weighted by molar-refractivity contribution is 0.127. The lowest BCUT2D eigenvalue weighted by Crippen LogP contribution is -2.47. The summed E-state index contributed by atoms with van der Waals surface area (Å²) >= 11 is 0. The number of piperidine rings is 1. The van der Waals surface area contributed by atoms with Gasteiger partial charge < -0.3 is 19.6 Å². The summed E-state index contributed by atoms with van der Waals surface area (Å²) in [5.74, 6) is 1.49. The summed E-state index contributed by atoms with van der Waals surface area (Å²) in [5, 5.41) is 9.75. The highest BCUT2D eigenvalue weighted by Crippen LogP contribution is 2.55. The molecular weight excluding hydrogens is 412 g/mol. The van der Waals surface area contributed by atoms with Crippen molar-refractivity contribution in [1.82, 2.24) is 4.90 Å². The van der Waals surface area contributed by atoms with E-state index in [0.29, 0.717) is 25.0 Å². The number of fused-ring (bicyclic) bond motifs is 3. The molecule has 0 aliphatic carbocycles. The Bertz CT molecular complexity index is 1120. The Kier molecular flexibility index (Phi) is 5.15. The Morgan fingerprint density at radius 1 is 1.15 bits per heavy atom. The van der Waals surface area contributed by atoms with Crippen LogP contribution in [0.5, 0.6) is 5.75 Å². The van der Waals surface area contributed by atoms with Gasteiger partial charge in [0.1, 0.15) is 5.75 Å². The SMILES string of the molecule is COc1ccc(-c2cc3c4c(c2C(C)(C)C)[C@@H]2CN(C(=O)O)CC[C@@H]2N4CC3)c(C(C)C)c1. The normalized spacial score (nSPS) is 21.4. The van der Waals surface area contributed by atoms with E-state index in [1.807, 2.05) is 0 Å². The van der Waals surface area contributed by atoms with E-state index in [9.17, 15) is 9.90 Å². The number of nitrogens with zero attached hydrogens (tertiary/aromatic N) is 2. The van der Waals surface area contributed by atoms with Crippen molar-refractivity contribution in [2.45, 2.75) is 70.8 Å². The average molecular weight is 449 g/mol. The van der Waals surface area contributed by atoms with Crippen LogP contribution in [0.25, 0.3) is 11.1 Å². The molecule has 5 nitrogen and oxygen atoms in total. The van der Waals surface area contributed by atoms with Crippen molar-refractivity contribution in [3.8, 4) is 16.9 Å². The van der Waals surface area contributed by atoms with Crippen LogP contribution in [0.3, 0.4) is 0 Å². The van der Waals surface area contributed by atoms with Crippen LogP contribution in [-0.4, -0.2) is 48.9 Å². The van der Waals surface area contributed by atoms with E-state index < -0.39 is 6.09 Å². The van der Waals surface area contributed by atoms with E-state index in [1.54, 1.807) is 12.0 Å². The third-order valence-electron chi connectivity index (χ3n) is 7.86. The van der Waals surface area contributed by atoms with E-state index >= 15 is 0 Å². The van der Waals surface area contributed by atoms with Crippen molar-refractivity contribution < 1.29 is 14.6 Å². The topological polar surface area (TPSA) is 53.0 Å². The fourth-order valence-electron chi connectivity index (χ4n) is 6.51. The van der Waals surface area contributed by atoms with Gasteiger partial charge in [-0.2, -0.15) is 0 Å². The number of hydrogen-bond donors (Lipinski definition) is 1. The van der Waals surface area contributed by atoms with Crippen LogP contribution in [0, 0.1) is 0 Å². The number of anilines is 1. The predicted octanol–water partition coefficient (Wildman–Crippen LogP) is 6.00. The Hall–Kier alpha value is -2.69. The molecule has 2 aromatic carbocycles. The molecule has 5 rings (SSSR count). The number of rotatable bonds is 3. The highest BCUT2D eigenvalue weighted by molar-refractivity contribution is 5.84. The standard InChI is InChI=1S/C28H36N2O3/c1-16(2)20-14-18(33-6)7-8-19(20)21-13-17-9-12-30-23-10-11-29(27(31)32)15-22(23)24(26(17)30)25(21)28(3,4)5/h7-8,13-14,16,22-23H,9-12,15H2,1-6H3,(H,31,32)/t22-,23+/m1/s1. The molecule has 0 saturated carbocycles. The molecular formula is C28H36N2O3. The van der Waals surface area contributed by atoms with Crippen molar-refractivity contribution in [2.75, 3.05) is 31.6 Å². The van der Waals surface area contributed by atoms with Gasteiger partial charge in [0.25, 0.3) is 0 Å². The Morgan fingerprint density at radius 3 is 2.55 bits per heavy atom. The van der Waals surface area contributed by atoms with Crippen LogP contribution in [0.2, 0.25) is 0 Å². The largest absolute Gasteiger partial charge is 0.497 e. The molecule has 0 spiro atoms. The van der Waals surface area contributed by atoms with Gasteiger partial charge in [-0.3, -0.25) is 0 Å². The van der Waals surface area contributed by atoms with E-state index in [0.717, 1.165) is 25.1 Å². The molecule has 0 aromatic heterocycles. The zero-order chi connectivity index (χ0) is 23.7. The van der Waals surface area contributed by atoms with Gasteiger partial charge >= 0.3 is 6.09 Å². The molecule has 1 N–H and O–H groups in total. The molecule has 1 saturated heterocycles. The molecule has 1 amide bonds. The van der Waals surface area contributed by atoms with Crippen LogP contribution in [-0.2, 0) is 11.8 Å². The number of benzene rings is 2. The van der Waals surface area contributed by atoms with Gasteiger partial charge in [0.05, 0.1) is 7.11 Å². The quantitative estimate of drug-likeness (QED) is 0.626. The number of carboxylic acid groups (broad SMARTS) is 1. The molecule has 0 unspecified atom stereocenters. The van der Waals surface area contributed by atoms with Crippen molar-refractivity contribution in [1.29, 1.82) is 0 Å². The molecule has 33 heavy (non-hydrogen) atoms. The van der Waals surface area contributed by atoms with Crippen molar-refractivity contribution in [2.24, 2.45) is 0 Å². The van der Waals surface area contributed by atoms with Gasteiger partial charge in [-0.25, -0.2) is 4.79 Å². The summed E-state index contributed by atoms with van der Waals surface area (Å²) in [4.78, 5) is 16.1. The zero-order valence-corrected chi connectivity index (χ0v) is 20.7. The first kappa shape index (κ1) is 22.1. The van der Waals surface area contributed by atoms with Crippen molar-refractivity contribution in [3.05, 3.63) is 46.5 Å². The maximum Gasteiger partial charge on any atom is 0.407 e. The highest BCUT2D eigenvalue weighted by atomic mass is 16.5. The summed E-state index contributed by atoms with van der Waals surface area (Å²) < 4.78 is 5.56. The zero-order valence-electron chi connectivity index (χ0n) is 20.7. The Labute approximate surface area is 197 Å². The highest BCUT2D eigenvalue weighted by Gasteiger charge is 2.48. The summed E-state index contributed by atoms with van der Waals surface area (Å²) in [6.07, 6.45) is 1.18. The Balaban J connectivity index is 1.78. The number of carbonyl (C=O) groups is 1. The number of methoxy groups -OCH3 is 1. The molecule has 5 heteroatoms. The molecule has 1 fully saturated rings. The molecule has 3 heterocycles. The first-order valence-electron chi connectivity index (χ1n) is 12.2. The van der Waals surface area contributed by atoms with Crippen LogP contribution < -0.4 is 9.64 Å². The van der Waals surface area contributed by atoms with Gasteiger partial charge in [-0.1, -0.05) is 40.7 Å². The third-order valence-corrected chi connectivity index (χ3v) is 7.86. The molecule has 0 bridgehead atoms. The molecule has 2 atom stereocenters. The average Bonchev–Trinajstić information content (AvgIpc) is 3.33. The Morgan fingerprint density at radius 2 is 1.91 bits per heavy atom. The summed E-state index contributed by atoms with van der Waals surface area (Å²) in [5.41, 5.74) is 9.46. The maximum absolute atomic E-state index is 11.9. The maximum atomic E-state index is 11.9. The first-order valence-corrected chi connectivity index (χ1v) is 12.2. The summed E-state index contributed by atoms with van der Waals surface area (Å²) in [6.45, 7) is 13.7. The van der Waals surface area contributed by atoms with E-state index in [1.165, 1.54) is 39.1 Å². The van der Waals surface area contributed by atoms with E-state index in [4.69, 9.17) is 4.74 Å². The van der Waals surface area contributed by atoms with Gasteiger partial charge in [0.15, 0.2) is 0 Å². The second-order valence-electron chi connectivity index (χ2n) is 11.2. The lowest BCUT2D eigenvalue weighted by Gasteiger charge is -2.38. The lowest BCUT2D eigenvalue weighted by atomic mass is 9.72. The smallest absolute Gasteiger partial charge is 0.407 e. The number of likely N-dealkylation sites (tertiary alicyclic amines) is 1. The minimum atomic E-state index is -0.795. The molecule has 3 aliphatic heterocycles. The van der Waals surface area contributed by atoms with Crippen LogP contribution in [0.4, 0.5) is 10.5 Å². The van der Waals surface area contributed by atoms with E-state index in [-0.39, 0.29) is 11.3 Å². The summed E-state index contributed by atoms with van der Waals surface area (Å²) in [7, 11) is 1.72. The number of hydrogen-bond acceptors (Lipinski definition) is 3. The van der Waals surface area contributed by atoms with Crippen LogP contribution in [0.1, 0.15) is 75.1 Å². The van der Waals surface area contributed by atoms with Crippen LogP contribution >= 0.6 is 0 Å². The first-order chi connectivity index (χ1) is 15.6. The summed E-state index contributed by atoms with van der Waals surface area (Å²) in [6, 6.07) is 9.33. The molecule has 0 radical (unpaired) electrons. The predicted molar refractivity (Wildman–Crippen MR) is 133 cm³/mol. The van der Waals surface area contributed by atoms with Gasteiger partial charge in [0, 0.05) is 37.3 Å². The number of ether oxygens (including phenoxy) is 1. The van der Waals surface area contributed by atoms with E-state index in [2.05, 4.69) is 63.8 Å². The van der Waals surface area contributed by atoms with Crippen molar-refractivity contribution >= 4 is 11.8 Å². The minimum Gasteiger partial charge on any atom is -0.497 e. The fourth-order valence-corrected chi connectivity index (χ4v) is 6.51. The fraction of sp³-hybridized carbons (Fsp3) is 0.536. The van der Waals surface area contributed by atoms with Gasteiger partial charge in [-0.05, 0) is 75.8 Å². The molecule has 2 aromatic rings. The number of amides is 1. The second-order valence-corrected chi connectivity index (χ2v) is 11.2. The minimum absolute atomic E-state index is 0.0669.